The Kier molecular flexibility index (Phi) is 4.58. The molecule has 0 amide bonds. The molecule has 0 saturated heterocycles. The SMILES string of the molecule is N#CCCc1cccc(C(F)F)c1CC(=O)O. The summed E-state index contributed by atoms with van der Waals surface area (Å²) in [7, 11) is 0. The van der Waals surface area contributed by atoms with Gasteiger partial charge in [0.05, 0.1) is 12.5 Å². The van der Waals surface area contributed by atoms with Gasteiger partial charge in [0.2, 0.25) is 0 Å². The van der Waals surface area contributed by atoms with Crippen LogP contribution in [0.3, 0.4) is 0 Å². The summed E-state index contributed by atoms with van der Waals surface area (Å²) in [6.07, 6.45) is -2.67. The van der Waals surface area contributed by atoms with Gasteiger partial charge in [-0.1, -0.05) is 18.2 Å². The molecule has 0 unspecified atom stereocenters. The minimum absolute atomic E-state index is 0.130. The average Bonchev–Trinajstić information content (AvgIpc) is 2.26. The van der Waals surface area contributed by atoms with Crippen LogP contribution >= 0.6 is 0 Å². The van der Waals surface area contributed by atoms with Gasteiger partial charge < -0.3 is 5.11 Å². The van der Waals surface area contributed by atoms with Gasteiger partial charge in [0.1, 0.15) is 0 Å². The first-order valence-electron chi connectivity index (χ1n) is 5.03. The molecular weight excluding hydrogens is 228 g/mol. The zero-order valence-electron chi connectivity index (χ0n) is 8.99. The van der Waals surface area contributed by atoms with Crippen LogP contribution in [0.2, 0.25) is 0 Å². The topological polar surface area (TPSA) is 61.1 Å². The van der Waals surface area contributed by atoms with Gasteiger partial charge in [0.15, 0.2) is 0 Å². The summed E-state index contributed by atoms with van der Waals surface area (Å²) >= 11 is 0. The number of hydrogen-bond donors (Lipinski definition) is 1. The van der Waals surface area contributed by atoms with Crippen LogP contribution < -0.4 is 0 Å². The van der Waals surface area contributed by atoms with Crippen LogP contribution in [0.1, 0.15) is 29.5 Å². The molecule has 90 valence electrons. The van der Waals surface area contributed by atoms with Gasteiger partial charge in [0.25, 0.3) is 6.43 Å². The molecule has 0 radical (unpaired) electrons. The van der Waals surface area contributed by atoms with Crippen molar-refractivity contribution >= 4 is 5.97 Å². The van der Waals surface area contributed by atoms with Crippen LogP contribution in [-0.4, -0.2) is 11.1 Å². The van der Waals surface area contributed by atoms with E-state index >= 15 is 0 Å². The molecule has 0 spiro atoms. The zero-order chi connectivity index (χ0) is 12.8. The number of hydrogen-bond acceptors (Lipinski definition) is 2. The second-order valence-corrected chi connectivity index (χ2v) is 3.51. The third-order valence-corrected chi connectivity index (χ3v) is 2.38. The van der Waals surface area contributed by atoms with Crippen molar-refractivity contribution in [3.63, 3.8) is 0 Å². The predicted octanol–water partition coefficient (Wildman–Crippen LogP) is 2.71. The van der Waals surface area contributed by atoms with Gasteiger partial charge in [0, 0.05) is 12.0 Å². The van der Waals surface area contributed by atoms with Crippen molar-refractivity contribution in [3.05, 3.63) is 34.9 Å². The van der Waals surface area contributed by atoms with Gasteiger partial charge in [-0.25, -0.2) is 8.78 Å². The minimum atomic E-state index is -2.70. The molecule has 0 bridgehead atoms. The van der Waals surface area contributed by atoms with E-state index in [4.69, 9.17) is 10.4 Å². The van der Waals surface area contributed by atoms with E-state index in [1.165, 1.54) is 12.1 Å². The van der Waals surface area contributed by atoms with Crippen molar-refractivity contribution in [1.82, 2.24) is 0 Å². The standard InChI is InChI=1S/C12H11F2NO2/c13-12(14)9-5-1-3-8(4-2-6-15)10(9)7-11(16)17/h1,3,5,12H,2,4,7H2,(H,16,17). The molecule has 0 fully saturated rings. The first kappa shape index (κ1) is 13.1. The second-order valence-electron chi connectivity index (χ2n) is 3.51. The highest BCUT2D eigenvalue weighted by Crippen LogP contribution is 2.26. The van der Waals surface area contributed by atoms with Crippen molar-refractivity contribution in [3.8, 4) is 6.07 Å². The van der Waals surface area contributed by atoms with E-state index in [0.29, 0.717) is 12.0 Å². The highest BCUT2D eigenvalue weighted by molar-refractivity contribution is 5.71. The third kappa shape index (κ3) is 3.52. The van der Waals surface area contributed by atoms with Gasteiger partial charge in [-0.05, 0) is 17.5 Å². The quantitative estimate of drug-likeness (QED) is 0.859. The Morgan fingerprint density at radius 3 is 2.71 bits per heavy atom. The Hall–Kier alpha value is -1.96. The van der Waals surface area contributed by atoms with Crippen LogP contribution in [0, 0.1) is 11.3 Å². The predicted molar refractivity (Wildman–Crippen MR) is 56.7 cm³/mol. The summed E-state index contributed by atoms with van der Waals surface area (Å²) in [5.74, 6) is -1.16. The molecule has 1 rings (SSSR count). The summed E-state index contributed by atoms with van der Waals surface area (Å²) in [5, 5.41) is 17.2. The molecule has 5 heteroatoms. The number of carboxylic acids is 1. The molecule has 1 N–H and O–H groups in total. The van der Waals surface area contributed by atoms with Crippen LogP contribution in [0.5, 0.6) is 0 Å². The zero-order valence-corrected chi connectivity index (χ0v) is 8.99. The van der Waals surface area contributed by atoms with Gasteiger partial charge in [-0.3, -0.25) is 4.79 Å². The van der Waals surface area contributed by atoms with Gasteiger partial charge in [-0.2, -0.15) is 5.26 Å². The van der Waals surface area contributed by atoms with Crippen LogP contribution in [-0.2, 0) is 17.6 Å². The lowest BCUT2D eigenvalue weighted by Gasteiger charge is -2.11. The van der Waals surface area contributed by atoms with E-state index in [1.54, 1.807) is 6.07 Å². The number of aliphatic carboxylic acids is 1. The summed E-state index contributed by atoms with van der Waals surface area (Å²) in [4.78, 5) is 10.7. The van der Waals surface area contributed by atoms with Crippen LogP contribution in [0.25, 0.3) is 0 Å². The highest BCUT2D eigenvalue weighted by Gasteiger charge is 2.17. The number of rotatable bonds is 5. The lowest BCUT2D eigenvalue weighted by molar-refractivity contribution is -0.136. The summed E-state index contributed by atoms with van der Waals surface area (Å²) in [6, 6.07) is 6.17. The third-order valence-electron chi connectivity index (χ3n) is 2.38. The fraction of sp³-hybridized carbons (Fsp3) is 0.333. The molecule has 3 nitrogen and oxygen atoms in total. The first-order chi connectivity index (χ1) is 8.06. The Morgan fingerprint density at radius 2 is 2.18 bits per heavy atom. The lowest BCUT2D eigenvalue weighted by Crippen LogP contribution is -2.07. The summed E-state index contributed by atoms with van der Waals surface area (Å²) in [5.41, 5.74) is 0.375. The minimum Gasteiger partial charge on any atom is -0.481 e. The smallest absolute Gasteiger partial charge is 0.307 e. The van der Waals surface area contributed by atoms with E-state index in [1.807, 2.05) is 6.07 Å². The molecule has 0 aliphatic heterocycles. The Morgan fingerprint density at radius 1 is 1.47 bits per heavy atom. The maximum atomic E-state index is 12.7. The summed E-state index contributed by atoms with van der Waals surface area (Å²) < 4.78 is 25.4. The largest absolute Gasteiger partial charge is 0.481 e. The molecule has 0 saturated carbocycles. The maximum Gasteiger partial charge on any atom is 0.307 e. The molecule has 0 aliphatic rings. The molecule has 0 aromatic heterocycles. The fourth-order valence-corrected chi connectivity index (χ4v) is 1.65. The van der Waals surface area contributed by atoms with E-state index in [0.717, 1.165) is 0 Å². The Bertz CT molecular complexity index is 452. The van der Waals surface area contributed by atoms with Crippen LogP contribution in [0.4, 0.5) is 8.78 Å². The van der Waals surface area contributed by atoms with E-state index in [2.05, 4.69) is 0 Å². The molecule has 0 heterocycles. The average molecular weight is 239 g/mol. The van der Waals surface area contributed by atoms with E-state index < -0.39 is 18.8 Å². The number of carboxylic acid groups (broad SMARTS) is 1. The van der Waals surface area contributed by atoms with E-state index in [-0.39, 0.29) is 17.5 Å². The normalized spacial score (nSPS) is 10.2. The van der Waals surface area contributed by atoms with Crippen molar-refractivity contribution in [2.75, 3.05) is 0 Å². The van der Waals surface area contributed by atoms with Crippen molar-refractivity contribution < 1.29 is 18.7 Å². The molecule has 1 aromatic carbocycles. The molecule has 17 heavy (non-hydrogen) atoms. The van der Waals surface area contributed by atoms with Crippen molar-refractivity contribution in [2.24, 2.45) is 0 Å². The lowest BCUT2D eigenvalue weighted by atomic mass is 9.95. The number of aryl methyl sites for hydroxylation is 1. The van der Waals surface area contributed by atoms with Gasteiger partial charge in [-0.15, -0.1) is 0 Å². The van der Waals surface area contributed by atoms with Crippen molar-refractivity contribution in [2.45, 2.75) is 25.7 Å². The van der Waals surface area contributed by atoms with E-state index in [9.17, 15) is 13.6 Å². The Balaban J connectivity index is 3.14. The molecule has 1 aromatic rings. The number of carbonyl (C=O) groups is 1. The second kappa shape index (κ2) is 5.94. The monoisotopic (exact) mass is 239 g/mol. The number of nitriles is 1. The van der Waals surface area contributed by atoms with Crippen molar-refractivity contribution in [1.29, 1.82) is 5.26 Å². The Labute approximate surface area is 97.3 Å². The van der Waals surface area contributed by atoms with Gasteiger partial charge >= 0.3 is 5.97 Å². The maximum absolute atomic E-state index is 12.7. The summed E-state index contributed by atoms with van der Waals surface area (Å²) in [6.45, 7) is 0. The number of benzene rings is 1. The number of nitrogens with zero attached hydrogens (tertiary/aromatic N) is 1. The highest BCUT2D eigenvalue weighted by atomic mass is 19.3. The van der Waals surface area contributed by atoms with Crippen LogP contribution in [0.15, 0.2) is 18.2 Å². The number of alkyl halides is 2. The fourth-order valence-electron chi connectivity index (χ4n) is 1.65. The molecule has 0 aliphatic carbocycles. The first-order valence-corrected chi connectivity index (χ1v) is 5.03. The molecular formula is C12H11F2NO2. The number of halogens is 2. The molecule has 0 atom stereocenters.